The maximum atomic E-state index is 5.57. The highest BCUT2D eigenvalue weighted by molar-refractivity contribution is 7.80. The highest BCUT2D eigenvalue weighted by Gasteiger charge is 1.94. The third-order valence-electron chi connectivity index (χ3n) is 1.17. The van der Waals surface area contributed by atoms with E-state index >= 15 is 0 Å². The van der Waals surface area contributed by atoms with Crippen LogP contribution in [0.25, 0.3) is 0 Å². The Morgan fingerprint density at radius 1 is 1.56 bits per heavy atom. The average Bonchev–Trinajstić information content (AvgIpc) is 1.83. The van der Waals surface area contributed by atoms with Crippen LogP contribution in [-0.4, -0.2) is 4.98 Å². The molecule has 2 nitrogen and oxygen atoms in total. The Morgan fingerprint density at radius 3 is 2.67 bits per heavy atom. The van der Waals surface area contributed by atoms with E-state index in [-0.39, 0.29) is 0 Å². The molecular formula is C6H8N2S. The molecule has 9 heavy (non-hydrogen) atoms. The summed E-state index contributed by atoms with van der Waals surface area (Å²) in [6.45, 7) is 1.90. The van der Waals surface area contributed by atoms with Gasteiger partial charge in [-0.25, -0.2) is 0 Å². The summed E-state index contributed by atoms with van der Waals surface area (Å²) >= 11 is 4.08. The first-order valence-corrected chi connectivity index (χ1v) is 3.05. The molecule has 0 aliphatic rings. The van der Waals surface area contributed by atoms with Crippen molar-refractivity contribution in [2.24, 2.45) is 0 Å². The molecule has 0 atom stereocenters. The second-order valence-electron chi connectivity index (χ2n) is 1.89. The van der Waals surface area contributed by atoms with E-state index < -0.39 is 0 Å². The average molecular weight is 140 g/mol. The maximum absolute atomic E-state index is 5.57. The van der Waals surface area contributed by atoms with Crippen molar-refractivity contribution < 1.29 is 0 Å². The Kier molecular flexibility index (Phi) is 1.62. The molecule has 0 saturated heterocycles. The van der Waals surface area contributed by atoms with Gasteiger partial charge >= 0.3 is 0 Å². The maximum Gasteiger partial charge on any atom is 0.0510 e. The van der Waals surface area contributed by atoms with Crippen LogP contribution in [-0.2, 0) is 0 Å². The Hall–Kier alpha value is -0.700. The smallest absolute Gasteiger partial charge is 0.0510 e. The summed E-state index contributed by atoms with van der Waals surface area (Å²) in [5, 5.41) is 0. The zero-order chi connectivity index (χ0) is 6.85. The van der Waals surface area contributed by atoms with Crippen molar-refractivity contribution in [3.8, 4) is 0 Å². The molecule has 0 radical (unpaired) electrons. The Bertz CT molecular complexity index is 202. The van der Waals surface area contributed by atoms with E-state index in [0.29, 0.717) is 5.69 Å². The summed E-state index contributed by atoms with van der Waals surface area (Å²) in [6, 6.07) is 0. The number of aryl methyl sites for hydroxylation is 1. The zero-order valence-corrected chi connectivity index (χ0v) is 6.02. The monoisotopic (exact) mass is 140 g/mol. The van der Waals surface area contributed by atoms with E-state index in [4.69, 9.17) is 5.73 Å². The summed E-state index contributed by atoms with van der Waals surface area (Å²) in [5.74, 6) is 0. The lowest BCUT2D eigenvalue weighted by Crippen LogP contribution is -1.91. The summed E-state index contributed by atoms with van der Waals surface area (Å²) in [6.07, 6.45) is 3.35. The second-order valence-corrected chi connectivity index (χ2v) is 2.37. The molecule has 1 aromatic rings. The molecule has 1 rings (SSSR count). The summed E-state index contributed by atoms with van der Waals surface area (Å²) < 4.78 is 0. The van der Waals surface area contributed by atoms with Gasteiger partial charge in [-0.1, -0.05) is 0 Å². The molecule has 0 saturated carbocycles. The molecule has 1 heterocycles. The fraction of sp³-hybridized carbons (Fsp3) is 0.167. The lowest BCUT2D eigenvalue weighted by atomic mass is 10.3. The highest BCUT2D eigenvalue weighted by atomic mass is 32.1. The van der Waals surface area contributed by atoms with Crippen molar-refractivity contribution in [1.29, 1.82) is 0 Å². The van der Waals surface area contributed by atoms with Crippen molar-refractivity contribution >= 4 is 18.3 Å². The highest BCUT2D eigenvalue weighted by Crippen LogP contribution is 2.17. The van der Waals surface area contributed by atoms with Gasteiger partial charge in [-0.3, -0.25) is 4.98 Å². The van der Waals surface area contributed by atoms with Gasteiger partial charge in [0, 0.05) is 17.3 Å². The van der Waals surface area contributed by atoms with Crippen molar-refractivity contribution in [1.82, 2.24) is 4.98 Å². The van der Waals surface area contributed by atoms with E-state index in [9.17, 15) is 0 Å². The number of hydrogen-bond donors (Lipinski definition) is 2. The molecule has 0 bridgehead atoms. The van der Waals surface area contributed by atoms with E-state index in [1.807, 2.05) is 6.92 Å². The van der Waals surface area contributed by atoms with Crippen LogP contribution >= 0.6 is 12.6 Å². The minimum absolute atomic E-state index is 0.716. The number of rotatable bonds is 0. The normalized spacial score (nSPS) is 9.56. The van der Waals surface area contributed by atoms with E-state index in [1.54, 1.807) is 12.4 Å². The minimum atomic E-state index is 0.716. The fourth-order valence-corrected chi connectivity index (χ4v) is 0.804. The van der Waals surface area contributed by atoms with Gasteiger partial charge in [-0.05, 0) is 12.5 Å². The molecule has 0 spiro atoms. The summed E-state index contributed by atoms with van der Waals surface area (Å²) in [4.78, 5) is 4.63. The zero-order valence-electron chi connectivity index (χ0n) is 5.13. The van der Waals surface area contributed by atoms with Gasteiger partial charge in [0.25, 0.3) is 0 Å². The molecule has 0 aliphatic heterocycles. The number of nitrogen functional groups attached to an aromatic ring is 1. The van der Waals surface area contributed by atoms with Crippen molar-refractivity contribution in [3.63, 3.8) is 0 Å². The van der Waals surface area contributed by atoms with Crippen LogP contribution in [0.3, 0.4) is 0 Å². The first-order valence-electron chi connectivity index (χ1n) is 2.61. The van der Waals surface area contributed by atoms with Crippen molar-refractivity contribution in [3.05, 3.63) is 18.0 Å². The molecular weight excluding hydrogens is 132 g/mol. The molecule has 2 N–H and O–H groups in total. The number of aromatic nitrogens is 1. The van der Waals surface area contributed by atoms with Gasteiger partial charge in [-0.15, -0.1) is 12.6 Å². The molecule has 0 aliphatic carbocycles. The molecule has 0 amide bonds. The van der Waals surface area contributed by atoms with Crippen LogP contribution in [0.15, 0.2) is 17.3 Å². The van der Waals surface area contributed by atoms with Crippen LogP contribution in [0.5, 0.6) is 0 Å². The topological polar surface area (TPSA) is 38.9 Å². The number of hydrogen-bond acceptors (Lipinski definition) is 3. The predicted molar refractivity (Wildman–Crippen MR) is 40.6 cm³/mol. The van der Waals surface area contributed by atoms with Crippen molar-refractivity contribution in [2.75, 3.05) is 5.73 Å². The van der Waals surface area contributed by atoms with Crippen LogP contribution in [0.2, 0.25) is 0 Å². The van der Waals surface area contributed by atoms with E-state index in [1.165, 1.54) is 0 Å². The van der Waals surface area contributed by atoms with Gasteiger partial charge in [0.15, 0.2) is 0 Å². The van der Waals surface area contributed by atoms with Gasteiger partial charge < -0.3 is 5.73 Å². The first-order chi connectivity index (χ1) is 4.22. The number of thiol groups is 1. The van der Waals surface area contributed by atoms with Gasteiger partial charge in [0.1, 0.15) is 0 Å². The molecule has 48 valence electrons. The standard InChI is InChI=1S/C6H8N2S/c1-4-2-8-3-5(9)6(4)7/h2-3,9H,1H3,(H2,7,8). The van der Waals surface area contributed by atoms with E-state index in [0.717, 1.165) is 10.5 Å². The number of nitrogens with zero attached hydrogens (tertiary/aromatic N) is 1. The molecule has 0 fully saturated rings. The summed E-state index contributed by atoms with van der Waals surface area (Å²) in [5.41, 5.74) is 7.26. The van der Waals surface area contributed by atoms with Crippen LogP contribution in [0.4, 0.5) is 5.69 Å². The first kappa shape index (κ1) is 6.42. The SMILES string of the molecule is Cc1cncc(S)c1N. The fourth-order valence-electron chi connectivity index (χ4n) is 0.561. The Labute approximate surface area is 59.5 Å². The number of nitrogens with two attached hydrogens (primary N) is 1. The van der Waals surface area contributed by atoms with E-state index in [2.05, 4.69) is 17.6 Å². The largest absolute Gasteiger partial charge is 0.398 e. The van der Waals surface area contributed by atoms with Gasteiger partial charge in [0.05, 0.1) is 5.69 Å². The van der Waals surface area contributed by atoms with Crippen LogP contribution < -0.4 is 5.73 Å². The van der Waals surface area contributed by atoms with Crippen LogP contribution in [0, 0.1) is 6.92 Å². The quantitative estimate of drug-likeness (QED) is 0.532. The van der Waals surface area contributed by atoms with Gasteiger partial charge in [0.2, 0.25) is 0 Å². The summed E-state index contributed by atoms with van der Waals surface area (Å²) in [7, 11) is 0. The number of pyridine rings is 1. The lowest BCUT2D eigenvalue weighted by Gasteiger charge is -1.99. The third-order valence-corrected chi connectivity index (χ3v) is 1.52. The molecule has 0 aromatic carbocycles. The van der Waals surface area contributed by atoms with Crippen LogP contribution in [0.1, 0.15) is 5.56 Å². The van der Waals surface area contributed by atoms with Crippen molar-refractivity contribution in [2.45, 2.75) is 11.8 Å². The molecule has 1 aromatic heterocycles. The Balaban J connectivity index is 3.25. The second kappa shape index (κ2) is 2.27. The minimum Gasteiger partial charge on any atom is -0.398 e. The van der Waals surface area contributed by atoms with Gasteiger partial charge in [-0.2, -0.15) is 0 Å². The molecule has 0 unspecified atom stereocenters. The molecule has 3 heteroatoms. The third kappa shape index (κ3) is 1.16. The predicted octanol–water partition coefficient (Wildman–Crippen LogP) is 1.26. The Morgan fingerprint density at radius 2 is 2.22 bits per heavy atom. The number of anilines is 1. The lowest BCUT2D eigenvalue weighted by molar-refractivity contribution is 1.20.